The molecule has 8 nitrogen and oxygen atoms in total. The van der Waals surface area contributed by atoms with Crippen molar-refractivity contribution in [3.8, 4) is 11.5 Å². The number of amides is 2. The Morgan fingerprint density at radius 1 is 0.971 bits per heavy atom. The molecule has 0 atom stereocenters. The van der Waals surface area contributed by atoms with Gasteiger partial charge in [0.25, 0.3) is 11.8 Å². The number of anilines is 1. The summed E-state index contributed by atoms with van der Waals surface area (Å²) in [5.41, 5.74) is 1.98. The van der Waals surface area contributed by atoms with E-state index in [-0.39, 0.29) is 18.6 Å². The molecule has 5 rings (SSSR count). The minimum absolute atomic E-state index is 0.0511. The number of hydrogen-bond donors (Lipinski definition) is 1. The first-order valence-electron chi connectivity index (χ1n) is 11.0. The monoisotopic (exact) mass is 478 g/mol. The van der Waals surface area contributed by atoms with Gasteiger partial charge >= 0.3 is 0 Å². The predicted molar refractivity (Wildman–Crippen MR) is 128 cm³/mol. The SMILES string of the molecule is O=C(NCc1ccc2c(c1)OCO2)c1cccnc1N1CCN(C(=O)c2cccc(Cl)c2)CC1. The number of carbonyl (C=O) groups is 2. The number of rotatable bonds is 5. The second kappa shape index (κ2) is 9.61. The van der Waals surface area contributed by atoms with Crippen molar-refractivity contribution in [3.63, 3.8) is 0 Å². The number of fused-ring (bicyclic) bond motifs is 1. The number of carbonyl (C=O) groups excluding carboxylic acids is 2. The highest BCUT2D eigenvalue weighted by molar-refractivity contribution is 6.30. The van der Waals surface area contributed by atoms with Crippen LogP contribution in [-0.2, 0) is 6.54 Å². The summed E-state index contributed by atoms with van der Waals surface area (Å²) in [6.07, 6.45) is 1.67. The third kappa shape index (κ3) is 4.63. The van der Waals surface area contributed by atoms with Crippen LogP contribution in [0.15, 0.2) is 60.8 Å². The van der Waals surface area contributed by atoms with E-state index in [0.29, 0.717) is 66.2 Å². The fraction of sp³-hybridized carbons (Fsp3) is 0.240. The van der Waals surface area contributed by atoms with Gasteiger partial charge in [0.1, 0.15) is 5.82 Å². The molecule has 9 heteroatoms. The number of nitrogens with one attached hydrogen (secondary N) is 1. The molecule has 1 saturated heterocycles. The average Bonchev–Trinajstić information content (AvgIpc) is 3.35. The van der Waals surface area contributed by atoms with E-state index in [1.54, 1.807) is 47.5 Å². The molecule has 0 unspecified atom stereocenters. The van der Waals surface area contributed by atoms with Crippen LogP contribution in [0.3, 0.4) is 0 Å². The smallest absolute Gasteiger partial charge is 0.255 e. The quantitative estimate of drug-likeness (QED) is 0.605. The zero-order valence-corrected chi connectivity index (χ0v) is 19.1. The van der Waals surface area contributed by atoms with Gasteiger partial charge in [-0.25, -0.2) is 4.98 Å². The first-order valence-corrected chi connectivity index (χ1v) is 11.4. The molecule has 1 fully saturated rings. The Balaban J connectivity index is 1.22. The second-order valence-corrected chi connectivity index (χ2v) is 8.47. The largest absolute Gasteiger partial charge is 0.454 e. The van der Waals surface area contributed by atoms with E-state index < -0.39 is 0 Å². The van der Waals surface area contributed by atoms with E-state index in [4.69, 9.17) is 21.1 Å². The lowest BCUT2D eigenvalue weighted by molar-refractivity contribution is 0.0745. The molecule has 3 heterocycles. The van der Waals surface area contributed by atoms with Crippen molar-refractivity contribution in [2.45, 2.75) is 6.54 Å². The molecule has 1 aromatic heterocycles. The highest BCUT2D eigenvalue weighted by atomic mass is 35.5. The van der Waals surface area contributed by atoms with Crippen LogP contribution in [0.2, 0.25) is 5.02 Å². The Morgan fingerprint density at radius 2 is 1.79 bits per heavy atom. The molecule has 0 aliphatic carbocycles. The summed E-state index contributed by atoms with van der Waals surface area (Å²) in [6.45, 7) is 2.77. The Morgan fingerprint density at radius 3 is 2.62 bits per heavy atom. The predicted octanol–water partition coefficient (Wildman–Crippen LogP) is 3.36. The molecule has 0 saturated carbocycles. The number of aromatic nitrogens is 1. The van der Waals surface area contributed by atoms with Gasteiger partial charge in [0.2, 0.25) is 6.79 Å². The van der Waals surface area contributed by atoms with E-state index >= 15 is 0 Å². The van der Waals surface area contributed by atoms with Crippen molar-refractivity contribution >= 4 is 29.2 Å². The van der Waals surface area contributed by atoms with Crippen LogP contribution < -0.4 is 19.7 Å². The number of halogens is 1. The zero-order chi connectivity index (χ0) is 23.5. The normalized spacial score (nSPS) is 14.7. The standard InChI is InChI=1S/C25H23ClN4O4/c26-19-4-1-3-18(14-19)25(32)30-11-9-29(10-12-30)23-20(5-2-8-27-23)24(31)28-15-17-6-7-21-22(13-17)34-16-33-21/h1-8,13-14H,9-12,15-16H2,(H,28,31). The van der Waals surface area contributed by atoms with Gasteiger partial charge < -0.3 is 24.6 Å². The van der Waals surface area contributed by atoms with E-state index in [1.807, 2.05) is 23.1 Å². The molecule has 2 amide bonds. The van der Waals surface area contributed by atoms with Crippen LogP contribution in [0.25, 0.3) is 0 Å². The Labute approximate surface area is 202 Å². The lowest BCUT2D eigenvalue weighted by Gasteiger charge is -2.36. The Bertz CT molecular complexity index is 1230. The average molecular weight is 479 g/mol. The van der Waals surface area contributed by atoms with Crippen LogP contribution in [0.5, 0.6) is 11.5 Å². The van der Waals surface area contributed by atoms with Gasteiger partial charge in [-0.3, -0.25) is 9.59 Å². The van der Waals surface area contributed by atoms with Crippen molar-refractivity contribution < 1.29 is 19.1 Å². The molecule has 174 valence electrons. The minimum Gasteiger partial charge on any atom is -0.454 e. The van der Waals surface area contributed by atoms with Gasteiger partial charge in [0, 0.05) is 49.5 Å². The maximum absolute atomic E-state index is 13.0. The summed E-state index contributed by atoms with van der Waals surface area (Å²) >= 11 is 6.03. The molecule has 3 aromatic rings. The van der Waals surface area contributed by atoms with E-state index in [0.717, 1.165) is 5.56 Å². The molecule has 2 aromatic carbocycles. The van der Waals surface area contributed by atoms with Crippen LogP contribution in [0.4, 0.5) is 5.82 Å². The number of hydrogen-bond acceptors (Lipinski definition) is 6. The van der Waals surface area contributed by atoms with Gasteiger partial charge in [0.15, 0.2) is 11.5 Å². The third-order valence-corrected chi connectivity index (χ3v) is 6.09. The maximum Gasteiger partial charge on any atom is 0.255 e. The van der Waals surface area contributed by atoms with E-state index in [2.05, 4.69) is 10.3 Å². The first-order chi connectivity index (χ1) is 16.6. The third-order valence-electron chi connectivity index (χ3n) is 5.86. The van der Waals surface area contributed by atoms with Crippen LogP contribution in [0, 0.1) is 0 Å². The highest BCUT2D eigenvalue weighted by Crippen LogP contribution is 2.32. The lowest BCUT2D eigenvalue weighted by Crippen LogP contribution is -2.49. The summed E-state index contributed by atoms with van der Waals surface area (Å²) in [5, 5.41) is 3.50. The van der Waals surface area contributed by atoms with Crippen LogP contribution >= 0.6 is 11.6 Å². The number of ether oxygens (including phenoxy) is 2. The number of nitrogens with zero attached hydrogens (tertiary/aromatic N) is 3. The molecule has 0 radical (unpaired) electrons. The first kappa shape index (κ1) is 22.0. The highest BCUT2D eigenvalue weighted by Gasteiger charge is 2.25. The minimum atomic E-state index is -0.210. The summed E-state index contributed by atoms with van der Waals surface area (Å²) in [6, 6.07) is 16.1. The zero-order valence-electron chi connectivity index (χ0n) is 18.4. The molecular formula is C25H23ClN4O4. The number of benzene rings is 2. The topological polar surface area (TPSA) is 84.0 Å². The van der Waals surface area contributed by atoms with Crippen molar-refractivity contribution in [1.82, 2.24) is 15.2 Å². The van der Waals surface area contributed by atoms with Gasteiger partial charge in [-0.05, 0) is 48.0 Å². The fourth-order valence-electron chi connectivity index (χ4n) is 4.08. The van der Waals surface area contributed by atoms with Crippen molar-refractivity contribution in [1.29, 1.82) is 0 Å². The Kier molecular flexibility index (Phi) is 6.22. The van der Waals surface area contributed by atoms with Gasteiger partial charge in [-0.2, -0.15) is 0 Å². The fourth-order valence-corrected chi connectivity index (χ4v) is 4.27. The van der Waals surface area contributed by atoms with Crippen LogP contribution in [-0.4, -0.2) is 54.7 Å². The van der Waals surface area contributed by atoms with Gasteiger partial charge in [0.05, 0.1) is 5.56 Å². The van der Waals surface area contributed by atoms with Crippen molar-refractivity contribution in [2.75, 3.05) is 37.9 Å². The number of pyridine rings is 1. The van der Waals surface area contributed by atoms with Gasteiger partial charge in [-0.15, -0.1) is 0 Å². The van der Waals surface area contributed by atoms with E-state index in [1.165, 1.54) is 0 Å². The Hall–Kier alpha value is -3.78. The second-order valence-electron chi connectivity index (χ2n) is 8.03. The van der Waals surface area contributed by atoms with Gasteiger partial charge in [-0.1, -0.05) is 23.7 Å². The molecule has 0 bridgehead atoms. The molecular weight excluding hydrogens is 456 g/mol. The molecule has 34 heavy (non-hydrogen) atoms. The lowest BCUT2D eigenvalue weighted by atomic mass is 10.1. The van der Waals surface area contributed by atoms with Crippen LogP contribution in [0.1, 0.15) is 26.3 Å². The maximum atomic E-state index is 13.0. The molecule has 2 aliphatic rings. The molecule has 0 spiro atoms. The summed E-state index contributed by atoms with van der Waals surface area (Å²) < 4.78 is 10.7. The molecule has 1 N–H and O–H groups in total. The van der Waals surface area contributed by atoms with E-state index in [9.17, 15) is 9.59 Å². The summed E-state index contributed by atoms with van der Waals surface area (Å²) in [4.78, 5) is 34.1. The summed E-state index contributed by atoms with van der Waals surface area (Å²) in [7, 11) is 0. The van der Waals surface area contributed by atoms with Crippen molar-refractivity contribution in [3.05, 3.63) is 82.5 Å². The van der Waals surface area contributed by atoms with Crippen molar-refractivity contribution in [2.24, 2.45) is 0 Å². The number of piperazine rings is 1. The molecule has 2 aliphatic heterocycles. The summed E-state index contributed by atoms with van der Waals surface area (Å²) in [5.74, 6) is 1.74.